The lowest BCUT2D eigenvalue weighted by molar-refractivity contribution is 0.0415. The normalized spacial score (nSPS) is 10.9. The van der Waals surface area contributed by atoms with Gasteiger partial charge in [0, 0.05) is 0 Å². The minimum Gasteiger partial charge on any atom is -0.450 e. The van der Waals surface area contributed by atoms with Crippen molar-refractivity contribution in [2.45, 2.75) is 13.5 Å². The van der Waals surface area contributed by atoms with Crippen molar-refractivity contribution >= 4 is 17.3 Å². The highest BCUT2D eigenvalue weighted by molar-refractivity contribution is 7.13. The lowest BCUT2D eigenvalue weighted by Gasteiger charge is -2.01. The summed E-state index contributed by atoms with van der Waals surface area (Å²) in [5.74, 6) is -0.138. The monoisotopic (exact) mass is 385 g/mol. The van der Waals surface area contributed by atoms with Gasteiger partial charge in [0.15, 0.2) is 6.61 Å². The molecule has 0 spiro atoms. The Hall–Kier alpha value is -3.40. The molecule has 0 atom stereocenters. The summed E-state index contributed by atoms with van der Waals surface area (Å²) in [6, 6.07) is 9.42. The zero-order chi connectivity index (χ0) is 18.8. The first-order valence-electron chi connectivity index (χ1n) is 7.83. The molecule has 3 aromatic heterocycles. The van der Waals surface area contributed by atoms with Crippen LogP contribution in [0.2, 0.25) is 0 Å². The van der Waals surface area contributed by atoms with E-state index in [1.54, 1.807) is 6.92 Å². The van der Waals surface area contributed by atoms with Crippen LogP contribution >= 0.6 is 11.3 Å². The molecule has 0 unspecified atom stereocenters. The van der Waals surface area contributed by atoms with Crippen molar-refractivity contribution in [3.05, 3.63) is 65.1 Å². The maximum absolute atomic E-state index is 13.1. The number of hydrogen-bond donors (Lipinski definition) is 0. The smallest absolute Gasteiger partial charge is 0.378 e. The van der Waals surface area contributed by atoms with Crippen LogP contribution in [0.1, 0.15) is 22.3 Å². The Kier molecular flexibility index (Phi) is 4.47. The molecule has 10 heteroatoms. The number of esters is 1. The SMILES string of the molecule is Cc1nc(C(=O)OCc2nc(-c3cccs3)no2)nn1-c1ccc(F)cc1. The fourth-order valence-electron chi connectivity index (χ4n) is 2.31. The molecule has 136 valence electrons. The number of carbonyl (C=O) groups is 1. The topological polar surface area (TPSA) is 95.9 Å². The Morgan fingerprint density at radius 3 is 2.81 bits per heavy atom. The minimum atomic E-state index is -0.727. The van der Waals surface area contributed by atoms with Crippen LogP contribution in [-0.4, -0.2) is 30.9 Å². The van der Waals surface area contributed by atoms with Crippen molar-refractivity contribution < 1.29 is 18.4 Å². The average molecular weight is 385 g/mol. The molecule has 0 fully saturated rings. The first-order valence-corrected chi connectivity index (χ1v) is 8.71. The highest BCUT2D eigenvalue weighted by atomic mass is 32.1. The van der Waals surface area contributed by atoms with E-state index in [1.807, 2.05) is 17.5 Å². The van der Waals surface area contributed by atoms with Gasteiger partial charge in [-0.3, -0.25) is 0 Å². The lowest BCUT2D eigenvalue weighted by Crippen LogP contribution is -2.08. The number of carbonyl (C=O) groups excluding carboxylic acids is 1. The third kappa shape index (κ3) is 3.60. The molecule has 3 heterocycles. The number of aryl methyl sites for hydroxylation is 1. The molecule has 0 amide bonds. The molecule has 0 bridgehead atoms. The zero-order valence-electron chi connectivity index (χ0n) is 14.0. The zero-order valence-corrected chi connectivity index (χ0v) is 14.8. The van der Waals surface area contributed by atoms with E-state index in [9.17, 15) is 9.18 Å². The van der Waals surface area contributed by atoms with Crippen LogP contribution in [0.15, 0.2) is 46.3 Å². The number of halogens is 1. The van der Waals surface area contributed by atoms with Gasteiger partial charge in [-0.2, -0.15) is 4.98 Å². The third-order valence-electron chi connectivity index (χ3n) is 3.56. The molecule has 8 nitrogen and oxygen atoms in total. The van der Waals surface area contributed by atoms with Crippen LogP contribution in [0.4, 0.5) is 4.39 Å². The predicted octanol–water partition coefficient (Wildman–Crippen LogP) is 3.18. The lowest BCUT2D eigenvalue weighted by atomic mass is 10.3. The summed E-state index contributed by atoms with van der Waals surface area (Å²) in [5, 5.41) is 9.85. The van der Waals surface area contributed by atoms with Gasteiger partial charge in [-0.25, -0.2) is 18.9 Å². The van der Waals surface area contributed by atoms with E-state index in [1.165, 1.54) is 40.3 Å². The van der Waals surface area contributed by atoms with Gasteiger partial charge in [0.05, 0.1) is 10.6 Å². The third-order valence-corrected chi connectivity index (χ3v) is 4.42. The number of ether oxygens (including phenoxy) is 1. The maximum atomic E-state index is 13.1. The number of aromatic nitrogens is 5. The highest BCUT2D eigenvalue weighted by Crippen LogP contribution is 2.21. The van der Waals surface area contributed by atoms with Crippen LogP contribution in [0.5, 0.6) is 0 Å². The molecule has 4 rings (SSSR count). The van der Waals surface area contributed by atoms with Gasteiger partial charge >= 0.3 is 5.97 Å². The highest BCUT2D eigenvalue weighted by Gasteiger charge is 2.18. The van der Waals surface area contributed by atoms with E-state index < -0.39 is 5.97 Å². The largest absolute Gasteiger partial charge is 0.450 e. The van der Waals surface area contributed by atoms with Gasteiger partial charge in [0.2, 0.25) is 5.82 Å². The van der Waals surface area contributed by atoms with E-state index >= 15 is 0 Å². The molecule has 0 aliphatic rings. The maximum Gasteiger partial charge on any atom is 0.378 e. The number of benzene rings is 1. The number of rotatable bonds is 5. The van der Waals surface area contributed by atoms with Gasteiger partial charge in [-0.15, -0.1) is 16.4 Å². The Balaban J connectivity index is 1.44. The quantitative estimate of drug-likeness (QED) is 0.487. The van der Waals surface area contributed by atoms with Crippen LogP contribution < -0.4 is 0 Å². The van der Waals surface area contributed by atoms with E-state index in [2.05, 4.69) is 20.2 Å². The summed E-state index contributed by atoms with van der Waals surface area (Å²) in [6.45, 7) is 1.49. The van der Waals surface area contributed by atoms with Crippen LogP contribution in [-0.2, 0) is 11.3 Å². The summed E-state index contributed by atoms with van der Waals surface area (Å²) in [4.78, 5) is 21.3. The first kappa shape index (κ1) is 17.0. The van der Waals surface area contributed by atoms with Crippen LogP contribution in [0.25, 0.3) is 16.4 Å². The molecule has 0 saturated carbocycles. The van der Waals surface area contributed by atoms with Gasteiger partial charge in [-0.1, -0.05) is 11.2 Å². The summed E-state index contributed by atoms with van der Waals surface area (Å²) in [7, 11) is 0. The van der Waals surface area contributed by atoms with Crippen molar-refractivity contribution in [1.82, 2.24) is 24.9 Å². The molecule has 1 aromatic carbocycles. The summed E-state index contributed by atoms with van der Waals surface area (Å²) in [6.07, 6.45) is 0. The second-order valence-electron chi connectivity index (χ2n) is 5.44. The van der Waals surface area contributed by atoms with Crippen molar-refractivity contribution in [2.75, 3.05) is 0 Å². The molecular weight excluding hydrogens is 373 g/mol. The molecule has 0 radical (unpaired) electrons. The predicted molar refractivity (Wildman–Crippen MR) is 92.8 cm³/mol. The van der Waals surface area contributed by atoms with Crippen molar-refractivity contribution in [3.63, 3.8) is 0 Å². The Labute approximate surface area is 156 Å². The molecule has 0 aliphatic heterocycles. The van der Waals surface area contributed by atoms with Gasteiger partial charge < -0.3 is 9.26 Å². The molecule has 27 heavy (non-hydrogen) atoms. The summed E-state index contributed by atoms with van der Waals surface area (Å²) in [5.41, 5.74) is 0.581. The first-order chi connectivity index (χ1) is 13.1. The number of hydrogen-bond acceptors (Lipinski definition) is 8. The Bertz CT molecular complexity index is 1070. The number of thiophene rings is 1. The average Bonchev–Trinajstić information content (AvgIpc) is 3.41. The van der Waals surface area contributed by atoms with E-state index in [-0.39, 0.29) is 24.1 Å². The molecule has 0 saturated heterocycles. The molecular formula is C17H12FN5O3S. The van der Waals surface area contributed by atoms with Gasteiger partial charge in [-0.05, 0) is 42.6 Å². The van der Waals surface area contributed by atoms with Gasteiger partial charge in [0.1, 0.15) is 11.6 Å². The van der Waals surface area contributed by atoms with Crippen molar-refractivity contribution in [1.29, 1.82) is 0 Å². The molecule has 0 N–H and O–H groups in total. The standard InChI is InChI=1S/C17H12FN5O3S/c1-10-19-16(21-23(10)12-6-4-11(18)5-7-12)17(24)25-9-14-20-15(22-26-14)13-3-2-8-27-13/h2-8H,9H2,1H3. The number of nitrogens with zero attached hydrogens (tertiary/aromatic N) is 5. The molecule has 0 aliphatic carbocycles. The van der Waals surface area contributed by atoms with Crippen molar-refractivity contribution in [2.24, 2.45) is 0 Å². The minimum absolute atomic E-state index is 0.116. The fraction of sp³-hybridized carbons (Fsp3) is 0.118. The summed E-state index contributed by atoms with van der Waals surface area (Å²) < 4.78 is 24.7. The second-order valence-corrected chi connectivity index (χ2v) is 6.38. The second kappa shape index (κ2) is 7.08. The fourth-order valence-corrected chi connectivity index (χ4v) is 2.96. The Morgan fingerprint density at radius 2 is 2.07 bits per heavy atom. The van der Waals surface area contributed by atoms with Crippen LogP contribution in [0.3, 0.4) is 0 Å². The van der Waals surface area contributed by atoms with E-state index in [4.69, 9.17) is 9.26 Å². The van der Waals surface area contributed by atoms with Crippen molar-refractivity contribution in [3.8, 4) is 16.4 Å². The molecule has 4 aromatic rings. The van der Waals surface area contributed by atoms with E-state index in [0.717, 1.165) is 4.88 Å². The van der Waals surface area contributed by atoms with Gasteiger partial charge in [0.25, 0.3) is 11.7 Å². The van der Waals surface area contributed by atoms with E-state index in [0.29, 0.717) is 17.3 Å². The van der Waals surface area contributed by atoms with Crippen LogP contribution in [0, 0.1) is 12.7 Å². The summed E-state index contributed by atoms with van der Waals surface area (Å²) >= 11 is 1.47. The Morgan fingerprint density at radius 1 is 1.26 bits per heavy atom.